The zero-order valence-corrected chi connectivity index (χ0v) is 3.42. The maximum absolute atomic E-state index is 7.92. The molecule has 0 amide bonds. The van der Waals surface area contributed by atoms with Gasteiger partial charge in [0.15, 0.2) is 0 Å². The van der Waals surface area contributed by atoms with Crippen LogP contribution in [0, 0.1) is 0 Å². The van der Waals surface area contributed by atoms with E-state index < -0.39 is 5.00 Å². The zero-order chi connectivity index (χ0) is 4.28. The predicted molar refractivity (Wildman–Crippen MR) is 13.1 cm³/mol. The summed E-state index contributed by atoms with van der Waals surface area (Å²) in [6.07, 6.45) is 0. The monoisotopic (exact) mass is 124 g/mol. The standard InChI is InChI=1S/C2H5O2.Cu/c3-1-2-4;/h1,3-4H,2H2;. The van der Waals surface area contributed by atoms with Gasteiger partial charge in [0.25, 0.3) is 0 Å². The molecule has 0 rings (SSSR count). The van der Waals surface area contributed by atoms with E-state index in [2.05, 4.69) is 16.0 Å². The summed E-state index contributed by atoms with van der Waals surface area (Å²) in [5.74, 6) is 0. The minimum absolute atomic E-state index is 0.333. The molecule has 0 saturated carbocycles. The molecular formula is C2H5CuO2. The van der Waals surface area contributed by atoms with E-state index in [4.69, 9.17) is 10.2 Å². The molecule has 0 spiro atoms. The Labute approximate surface area is 38.6 Å². The van der Waals surface area contributed by atoms with Gasteiger partial charge in [0, 0.05) is 0 Å². The van der Waals surface area contributed by atoms with Gasteiger partial charge in [-0.2, -0.15) is 0 Å². The molecule has 0 radical (unpaired) electrons. The van der Waals surface area contributed by atoms with Gasteiger partial charge < -0.3 is 0 Å². The van der Waals surface area contributed by atoms with Gasteiger partial charge in [-0.1, -0.05) is 0 Å². The molecule has 2 N–H and O–H groups in total. The van der Waals surface area contributed by atoms with Gasteiger partial charge >= 0.3 is 37.8 Å². The van der Waals surface area contributed by atoms with Crippen LogP contribution in [0.4, 0.5) is 0 Å². The first kappa shape index (κ1) is 5.44. The van der Waals surface area contributed by atoms with E-state index in [0.717, 1.165) is 0 Å². The molecular weight excluding hydrogens is 120 g/mol. The molecule has 0 heterocycles. The fraction of sp³-hybridized carbons (Fsp3) is 1.00. The van der Waals surface area contributed by atoms with Gasteiger partial charge in [0.05, 0.1) is 0 Å². The third-order valence-electron chi connectivity index (χ3n) is 0.137. The molecule has 2 nitrogen and oxygen atoms in total. The van der Waals surface area contributed by atoms with Gasteiger partial charge in [-0.3, -0.25) is 0 Å². The third-order valence-corrected chi connectivity index (χ3v) is 0.309. The Kier molecular flexibility index (Phi) is 2.90. The fourth-order valence-electron chi connectivity index (χ4n) is 0. The SMILES string of the molecule is OC[CH](O)[Cu]. The van der Waals surface area contributed by atoms with Gasteiger partial charge in [-0.15, -0.1) is 0 Å². The minimum atomic E-state index is -0.998. The Morgan fingerprint density at radius 1 is 1.80 bits per heavy atom. The Bertz CT molecular complexity index is 21.6. The van der Waals surface area contributed by atoms with E-state index in [9.17, 15) is 0 Å². The number of aliphatic hydroxyl groups is 2. The maximum atomic E-state index is 7.92. The van der Waals surface area contributed by atoms with Crippen LogP contribution in [0.2, 0.25) is 0 Å². The molecule has 3 heteroatoms. The van der Waals surface area contributed by atoms with E-state index in [1.807, 2.05) is 0 Å². The summed E-state index contributed by atoms with van der Waals surface area (Å²) in [5, 5.41) is 14.7. The second-order valence-corrected chi connectivity index (χ2v) is 1.19. The summed E-state index contributed by atoms with van der Waals surface area (Å²) in [5.41, 5.74) is 0. The van der Waals surface area contributed by atoms with Crippen molar-refractivity contribution in [2.75, 3.05) is 6.61 Å². The van der Waals surface area contributed by atoms with Gasteiger partial charge in [0.1, 0.15) is 0 Å². The average Bonchev–Trinajstić information content (AvgIpc) is 1.38. The van der Waals surface area contributed by atoms with E-state index in [0.29, 0.717) is 0 Å². The van der Waals surface area contributed by atoms with Crippen molar-refractivity contribution in [3.8, 4) is 0 Å². The van der Waals surface area contributed by atoms with Gasteiger partial charge in [-0.25, -0.2) is 0 Å². The predicted octanol–water partition coefficient (Wildman–Crippen LogP) is -1.16. The van der Waals surface area contributed by atoms with Gasteiger partial charge in [-0.05, 0) is 0 Å². The third kappa shape index (κ3) is 4.44. The first-order valence-corrected chi connectivity index (χ1v) is 1.70. The van der Waals surface area contributed by atoms with Crippen LogP contribution in [0.1, 0.15) is 0 Å². The van der Waals surface area contributed by atoms with E-state index in [-0.39, 0.29) is 6.61 Å². The topological polar surface area (TPSA) is 40.5 Å². The number of rotatable bonds is 1. The van der Waals surface area contributed by atoms with Crippen molar-refractivity contribution in [1.82, 2.24) is 0 Å². The molecule has 1 unspecified atom stereocenters. The number of aliphatic hydroxyl groups excluding tert-OH is 2. The Balaban J connectivity index is 2.54. The summed E-state index contributed by atoms with van der Waals surface area (Å²) >= 11 is 4.21. The number of hydrogen-bond acceptors (Lipinski definition) is 2. The Morgan fingerprint density at radius 2 is 2.00 bits per heavy atom. The molecule has 0 aromatic rings. The summed E-state index contributed by atoms with van der Waals surface area (Å²) < 4.78 is 0. The van der Waals surface area contributed by atoms with Crippen molar-refractivity contribution in [3.05, 3.63) is 0 Å². The van der Waals surface area contributed by atoms with Crippen LogP contribution in [0.5, 0.6) is 0 Å². The van der Waals surface area contributed by atoms with Crippen molar-refractivity contribution in [1.29, 1.82) is 0 Å². The van der Waals surface area contributed by atoms with Crippen molar-refractivity contribution < 1.29 is 26.2 Å². The van der Waals surface area contributed by atoms with E-state index in [1.54, 1.807) is 0 Å². The van der Waals surface area contributed by atoms with Crippen LogP contribution in [0.3, 0.4) is 0 Å². The van der Waals surface area contributed by atoms with Crippen LogP contribution >= 0.6 is 0 Å². The van der Waals surface area contributed by atoms with E-state index >= 15 is 0 Å². The summed E-state index contributed by atoms with van der Waals surface area (Å²) in [7, 11) is 0. The van der Waals surface area contributed by atoms with Crippen LogP contribution < -0.4 is 0 Å². The molecule has 5 heavy (non-hydrogen) atoms. The number of hydrogen-bond donors (Lipinski definition) is 2. The van der Waals surface area contributed by atoms with E-state index in [1.165, 1.54) is 0 Å². The molecule has 0 aromatic carbocycles. The normalized spacial score (nSPS) is 15.2. The Morgan fingerprint density at radius 3 is 2.00 bits per heavy atom. The molecule has 0 aliphatic heterocycles. The van der Waals surface area contributed by atoms with Crippen LogP contribution in [0.25, 0.3) is 0 Å². The molecule has 0 aromatic heterocycles. The molecule has 0 aliphatic carbocycles. The van der Waals surface area contributed by atoms with Crippen molar-refractivity contribution >= 4 is 0 Å². The molecule has 1 atom stereocenters. The first-order chi connectivity index (χ1) is 2.27. The molecule has 0 bridgehead atoms. The Hall–Kier alpha value is 0.439. The van der Waals surface area contributed by atoms with Crippen molar-refractivity contribution in [3.63, 3.8) is 0 Å². The first-order valence-electron chi connectivity index (χ1n) is 1.16. The van der Waals surface area contributed by atoms with Crippen molar-refractivity contribution in [2.45, 2.75) is 5.00 Å². The summed E-state index contributed by atoms with van der Waals surface area (Å²) in [6, 6.07) is 0. The average molecular weight is 125 g/mol. The fourth-order valence-corrected chi connectivity index (χ4v) is 0. The molecule has 0 aliphatic rings. The molecule has 0 saturated heterocycles. The summed E-state index contributed by atoms with van der Waals surface area (Å²) in [4.78, 5) is 0. The van der Waals surface area contributed by atoms with Crippen LogP contribution in [-0.2, 0) is 16.0 Å². The quantitative estimate of drug-likeness (QED) is 0.433. The second kappa shape index (κ2) is 2.66. The van der Waals surface area contributed by atoms with Crippen molar-refractivity contribution in [2.24, 2.45) is 0 Å². The zero-order valence-electron chi connectivity index (χ0n) is 2.48. The van der Waals surface area contributed by atoms with Crippen LogP contribution in [0.15, 0.2) is 0 Å². The van der Waals surface area contributed by atoms with Gasteiger partial charge in [0.2, 0.25) is 0 Å². The molecule has 36 valence electrons. The molecule has 0 fully saturated rings. The summed E-state index contributed by atoms with van der Waals surface area (Å²) in [6.45, 7) is -0.333. The second-order valence-electron chi connectivity index (χ2n) is 0.566. The van der Waals surface area contributed by atoms with Crippen LogP contribution in [-0.4, -0.2) is 21.8 Å².